The molecule has 1 N–H and O–H groups in total. The third kappa shape index (κ3) is 2.48. The third-order valence-corrected chi connectivity index (χ3v) is 5.70. The average Bonchev–Trinajstić information content (AvgIpc) is 2.82. The van der Waals surface area contributed by atoms with Crippen molar-refractivity contribution >= 4 is 34.5 Å². The van der Waals surface area contributed by atoms with Crippen LogP contribution in [0, 0.1) is 6.92 Å². The number of thiophene rings is 1. The number of aryl methyl sites for hydroxylation is 2. The van der Waals surface area contributed by atoms with Crippen LogP contribution >= 0.6 is 22.9 Å². The Balaban J connectivity index is 1.97. The molecule has 2 heterocycles. The number of benzene rings is 1. The lowest BCUT2D eigenvalue weighted by molar-refractivity contribution is -0.118. The minimum atomic E-state index is -0.718. The summed E-state index contributed by atoms with van der Waals surface area (Å²) in [7, 11) is 1.79. The predicted octanol–water partition coefficient (Wildman–Crippen LogP) is 3.70. The highest BCUT2D eigenvalue weighted by molar-refractivity contribution is 7.10. The number of carbonyl (C=O) groups excluding carboxylic acids is 1. The number of amides is 1. The molecule has 2 aromatic rings. The van der Waals surface area contributed by atoms with Gasteiger partial charge in [-0.3, -0.25) is 4.79 Å². The second kappa shape index (κ2) is 5.44. The number of rotatable bonds is 2. The highest BCUT2D eigenvalue weighted by Crippen LogP contribution is 2.37. The Morgan fingerprint density at radius 1 is 1.38 bits per heavy atom. The van der Waals surface area contributed by atoms with Crippen LogP contribution in [-0.2, 0) is 11.2 Å². The van der Waals surface area contributed by atoms with Gasteiger partial charge in [0.1, 0.15) is 6.10 Å². The molecule has 1 aliphatic rings. The van der Waals surface area contributed by atoms with Crippen LogP contribution in [0.1, 0.15) is 34.1 Å². The van der Waals surface area contributed by atoms with Gasteiger partial charge in [0.2, 0.25) is 5.91 Å². The maximum atomic E-state index is 11.7. The van der Waals surface area contributed by atoms with E-state index in [4.69, 9.17) is 11.6 Å². The fraction of sp³-hybridized carbons (Fsp3) is 0.312. The summed E-state index contributed by atoms with van der Waals surface area (Å²) in [6, 6.07) is 5.75. The van der Waals surface area contributed by atoms with Gasteiger partial charge in [0, 0.05) is 19.2 Å². The molecule has 0 radical (unpaired) electrons. The molecule has 3 nitrogen and oxygen atoms in total. The Hall–Kier alpha value is -1.36. The van der Waals surface area contributed by atoms with E-state index in [1.54, 1.807) is 11.9 Å². The Kier molecular flexibility index (Phi) is 3.78. The van der Waals surface area contributed by atoms with Crippen LogP contribution in [0.25, 0.3) is 0 Å². The summed E-state index contributed by atoms with van der Waals surface area (Å²) in [5, 5.41) is 13.1. The number of carbonyl (C=O) groups is 1. The third-order valence-electron chi connectivity index (χ3n) is 3.94. The summed E-state index contributed by atoms with van der Waals surface area (Å²) in [5.74, 6) is 0.132. The lowest BCUT2D eigenvalue weighted by Crippen LogP contribution is -2.31. The predicted molar refractivity (Wildman–Crippen MR) is 86.3 cm³/mol. The molecule has 0 saturated heterocycles. The molecule has 5 heteroatoms. The maximum Gasteiger partial charge on any atom is 0.227 e. The van der Waals surface area contributed by atoms with Gasteiger partial charge in [0.25, 0.3) is 0 Å². The molecule has 1 aromatic heterocycles. The van der Waals surface area contributed by atoms with Gasteiger partial charge in [0.15, 0.2) is 0 Å². The fourth-order valence-corrected chi connectivity index (χ4v) is 3.94. The Labute approximate surface area is 132 Å². The topological polar surface area (TPSA) is 40.5 Å². The van der Waals surface area contributed by atoms with Crippen LogP contribution in [0.15, 0.2) is 23.6 Å². The monoisotopic (exact) mass is 321 g/mol. The standard InChI is InChI=1S/C16H16ClNO2S/c1-9-8-21-16(14(9)17)15(20)11-3-5-12-10(7-11)4-6-13(19)18(12)2/h3,5,7-8,15,20H,4,6H2,1-2H3. The molecule has 0 bridgehead atoms. The zero-order chi connectivity index (χ0) is 15.1. The van der Waals surface area contributed by atoms with E-state index in [9.17, 15) is 9.90 Å². The first-order valence-corrected chi connectivity index (χ1v) is 8.05. The van der Waals surface area contributed by atoms with Crippen LogP contribution < -0.4 is 4.90 Å². The van der Waals surface area contributed by atoms with Crippen molar-refractivity contribution in [2.24, 2.45) is 0 Å². The smallest absolute Gasteiger partial charge is 0.227 e. The summed E-state index contributed by atoms with van der Waals surface area (Å²) in [5.41, 5.74) is 3.83. The van der Waals surface area contributed by atoms with Crippen molar-refractivity contribution in [2.45, 2.75) is 25.9 Å². The zero-order valence-corrected chi connectivity index (χ0v) is 13.5. The van der Waals surface area contributed by atoms with Crippen molar-refractivity contribution in [1.29, 1.82) is 0 Å². The number of aliphatic hydroxyl groups is 1. The second-order valence-electron chi connectivity index (χ2n) is 5.34. The van der Waals surface area contributed by atoms with Gasteiger partial charge in [-0.1, -0.05) is 23.7 Å². The van der Waals surface area contributed by atoms with E-state index in [0.29, 0.717) is 11.4 Å². The van der Waals surface area contributed by atoms with Crippen LogP contribution in [0.4, 0.5) is 5.69 Å². The Morgan fingerprint density at radius 2 is 2.14 bits per heavy atom. The Bertz CT molecular complexity index is 710. The molecule has 21 heavy (non-hydrogen) atoms. The van der Waals surface area contributed by atoms with Crippen molar-refractivity contribution < 1.29 is 9.90 Å². The molecule has 0 aliphatic carbocycles. The average molecular weight is 322 g/mol. The molecule has 3 rings (SSSR count). The van der Waals surface area contributed by atoms with Gasteiger partial charge in [-0.15, -0.1) is 11.3 Å². The highest BCUT2D eigenvalue weighted by atomic mass is 35.5. The highest BCUT2D eigenvalue weighted by Gasteiger charge is 2.23. The molecule has 0 spiro atoms. The normalized spacial score (nSPS) is 16.0. The van der Waals surface area contributed by atoms with Crippen LogP contribution in [-0.4, -0.2) is 18.1 Å². The quantitative estimate of drug-likeness (QED) is 0.916. The lowest BCUT2D eigenvalue weighted by atomic mass is 9.96. The molecule has 1 atom stereocenters. The summed E-state index contributed by atoms with van der Waals surface area (Å²) < 4.78 is 0. The minimum absolute atomic E-state index is 0.132. The summed E-state index contributed by atoms with van der Waals surface area (Å²) >= 11 is 7.71. The van der Waals surface area contributed by atoms with Gasteiger partial charge in [-0.25, -0.2) is 0 Å². The van der Waals surface area contributed by atoms with Gasteiger partial charge in [-0.05, 0) is 41.5 Å². The second-order valence-corrected chi connectivity index (χ2v) is 6.63. The Morgan fingerprint density at radius 3 is 2.81 bits per heavy atom. The summed E-state index contributed by atoms with van der Waals surface area (Å²) in [6.45, 7) is 1.93. The minimum Gasteiger partial charge on any atom is -0.383 e. The molecule has 110 valence electrons. The van der Waals surface area contributed by atoms with Gasteiger partial charge in [0.05, 0.1) is 9.90 Å². The van der Waals surface area contributed by atoms with E-state index < -0.39 is 6.10 Å². The molecular weight excluding hydrogens is 306 g/mol. The van der Waals surface area contributed by atoms with E-state index in [0.717, 1.165) is 33.7 Å². The summed E-state index contributed by atoms with van der Waals surface area (Å²) in [6.07, 6.45) is 0.516. The molecule has 1 unspecified atom stereocenters. The van der Waals surface area contributed by atoms with Crippen molar-refractivity contribution in [2.75, 3.05) is 11.9 Å². The number of halogens is 1. The largest absolute Gasteiger partial charge is 0.383 e. The maximum absolute atomic E-state index is 11.7. The van der Waals surface area contributed by atoms with Crippen LogP contribution in [0.3, 0.4) is 0 Å². The number of hydrogen-bond donors (Lipinski definition) is 1. The van der Waals surface area contributed by atoms with Gasteiger partial charge in [-0.2, -0.15) is 0 Å². The van der Waals surface area contributed by atoms with Crippen molar-refractivity contribution in [1.82, 2.24) is 0 Å². The number of fused-ring (bicyclic) bond motifs is 1. The van der Waals surface area contributed by atoms with Crippen molar-refractivity contribution in [3.8, 4) is 0 Å². The SMILES string of the molecule is Cc1csc(C(O)c2ccc3c(c2)CCC(=O)N3C)c1Cl. The van der Waals surface area contributed by atoms with E-state index in [1.807, 2.05) is 30.5 Å². The van der Waals surface area contributed by atoms with E-state index in [-0.39, 0.29) is 5.91 Å². The first-order valence-electron chi connectivity index (χ1n) is 6.80. The number of anilines is 1. The van der Waals surface area contributed by atoms with Crippen LogP contribution in [0.2, 0.25) is 5.02 Å². The number of nitrogens with zero attached hydrogens (tertiary/aromatic N) is 1. The molecule has 1 aromatic carbocycles. The first kappa shape index (κ1) is 14.6. The fourth-order valence-electron chi connectivity index (χ4n) is 2.63. The molecule has 0 fully saturated rings. The first-order chi connectivity index (χ1) is 9.99. The van der Waals surface area contributed by atoms with Gasteiger partial charge < -0.3 is 10.0 Å². The number of aliphatic hydroxyl groups excluding tert-OH is 1. The summed E-state index contributed by atoms with van der Waals surface area (Å²) in [4.78, 5) is 14.2. The van der Waals surface area contributed by atoms with E-state index in [1.165, 1.54) is 11.3 Å². The lowest BCUT2D eigenvalue weighted by Gasteiger charge is -2.26. The molecular formula is C16H16ClNO2S. The molecule has 1 aliphatic heterocycles. The van der Waals surface area contributed by atoms with E-state index in [2.05, 4.69) is 0 Å². The van der Waals surface area contributed by atoms with Crippen molar-refractivity contribution in [3.05, 3.63) is 50.2 Å². The van der Waals surface area contributed by atoms with Crippen LogP contribution in [0.5, 0.6) is 0 Å². The van der Waals surface area contributed by atoms with E-state index >= 15 is 0 Å². The molecule has 0 saturated carbocycles. The molecule has 1 amide bonds. The number of hydrogen-bond acceptors (Lipinski definition) is 3. The van der Waals surface area contributed by atoms with Crippen molar-refractivity contribution in [3.63, 3.8) is 0 Å². The van der Waals surface area contributed by atoms with Gasteiger partial charge >= 0.3 is 0 Å². The zero-order valence-electron chi connectivity index (χ0n) is 11.9.